The SMILES string of the molecule is Cc1cc(O)c2c(c1)C(=O)C13C(=C2O)C(=O)C2C(O)C1C1C(O)C3C(=O)C3=C(O)c4c(O)cc(CO)cc4C(=O)C321. The quantitative estimate of drug-likeness (QED) is 0.261. The lowest BCUT2D eigenvalue weighted by atomic mass is 9.46. The molecule has 0 aromatic heterocycles. The number of fused-ring (bicyclic) bond motifs is 4. The van der Waals surface area contributed by atoms with E-state index in [4.69, 9.17) is 0 Å². The zero-order valence-electron chi connectivity index (χ0n) is 21.2. The van der Waals surface area contributed by atoms with Crippen LogP contribution in [0.3, 0.4) is 0 Å². The smallest absolute Gasteiger partial charge is 0.175 e. The molecule has 0 saturated heterocycles. The highest BCUT2D eigenvalue weighted by Gasteiger charge is 2.89. The molecule has 4 saturated carbocycles. The Morgan fingerprint density at radius 2 is 1.12 bits per heavy atom. The van der Waals surface area contributed by atoms with Crippen LogP contribution in [0.4, 0.5) is 0 Å². The first-order valence-corrected chi connectivity index (χ1v) is 13.1. The van der Waals surface area contributed by atoms with Gasteiger partial charge in [-0.05, 0) is 42.3 Å². The number of phenols is 2. The fourth-order valence-electron chi connectivity index (χ4n) is 9.52. The van der Waals surface area contributed by atoms with Gasteiger partial charge in [-0.3, -0.25) is 19.2 Å². The van der Waals surface area contributed by atoms with Gasteiger partial charge in [0.05, 0.1) is 63.8 Å². The van der Waals surface area contributed by atoms with Crippen LogP contribution >= 0.6 is 0 Å². The van der Waals surface area contributed by atoms with Gasteiger partial charge < -0.3 is 35.7 Å². The van der Waals surface area contributed by atoms with Gasteiger partial charge in [0.25, 0.3) is 0 Å². The van der Waals surface area contributed by atoms with Gasteiger partial charge in [-0.15, -0.1) is 0 Å². The zero-order chi connectivity index (χ0) is 29.2. The lowest BCUT2D eigenvalue weighted by Crippen LogP contribution is -2.65. The van der Waals surface area contributed by atoms with Crippen LogP contribution in [0.5, 0.6) is 11.5 Å². The third kappa shape index (κ3) is 2.14. The number of phenolic OH excluding ortho intramolecular Hbond substituents is 2. The number of benzene rings is 2. The number of aliphatic hydroxyl groups is 5. The maximum absolute atomic E-state index is 14.6. The Balaban J connectivity index is 1.54. The molecule has 11 nitrogen and oxygen atoms in total. The lowest BCUT2D eigenvalue weighted by Gasteiger charge is -2.53. The topological polar surface area (TPSA) is 210 Å². The summed E-state index contributed by atoms with van der Waals surface area (Å²) in [7, 11) is 0. The number of carbonyl (C=O) groups is 4. The monoisotopic (exact) mass is 558 g/mol. The van der Waals surface area contributed by atoms with Crippen LogP contribution < -0.4 is 0 Å². The average molecular weight is 558 g/mol. The second-order valence-electron chi connectivity index (χ2n) is 12.0. The number of Topliss-reactive ketones (excluding diaryl/α,β-unsaturated/α-hetero) is 4. The molecule has 6 aliphatic carbocycles. The van der Waals surface area contributed by atoms with Crippen LogP contribution in [0, 0.1) is 41.4 Å². The van der Waals surface area contributed by atoms with Gasteiger partial charge in [0.1, 0.15) is 23.0 Å². The molecule has 0 radical (unpaired) electrons. The number of rotatable bonds is 1. The molecule has 8 atom stereocenters. The van der Waals surface area contributed by atoms with Crippen molar-refractivity contribution < 1.29 is 54.9 Å². The van der Waals surface area contributed by atoms with Crippen molar-refractivity contribution in [2.45, 2.75) is 25.7 Å². The van der Waals surface area contributed by atoms with E-state index in [0.29, 0.717) is 5.56 Å². The largest absolute Gasteiger partial charge is 0.507 e. The summed E-state index contributed by atoms with van der Waals surface area (Å²) in [6.45, 7) is 0.981. The van der Waals surface area contributed by atoms with Crippen molar-refractivity contribution in [3.8, 4) is 11.5 Å². The highest BCUT2D eigenvalue weighted by Crippen LogP contribution is 2.80. The van der Waals surface area contributed by atoms with E-state index in [0.717, 1.165) is 6.07 Å². The molecule has 6 aliphatic rings. The molecule has 7 N–H and O–H groups in total. The highest BCUT2D eigenvalue weighted by molar-refractivity contribution is 6.30. The van der Waals surface area contributed by atoms with Crippen LogP contribution in [0.25, 0.3) is 11.5 Å². The number of carbonyl (C=O) groups excluding carboxylic acids is 4. The lowest BCUT2D eigenvalue weighted by molar-refractivity contribution is -0.142. The predicted octanol–water partition coefficient (Wildman–Crippen LogP) is 0.882. The zero-order valence-corrected chi connectivity index (χ0v) is 21.2. The molecule has 0 amide bonds. The highest BCUT2D eigenvalue weighted by atomic mass is 16.3. The summed E-state index contributed by atoms with van der Waals surface area (Å²) in [5.74, 6) is -12.9. The number of hydrogen-bond acceptors (Lipinski definition) is 11. The fraction of sp³-hybridized carbons (Fsp3) is 0.333. The molecular weight excluding hydrogens is 536 g/mol. The molecule has 0 aliphatic heterocycles. The van der Waals surface area contributed by atoms with Gasteiger partial charge in [0.15, 0.2) is 23.1 Å². The molecule has 4 bridgehead atoms. The van der Waals surface area contributed by atoms with Crippen molar-refractivity contribution in [2.24, 2.45) is 34.5 Å². The van der Waals surface area contributed by atoms with Gasteiger partial charge in [0.2, 0.25) is 0 Å². The second kappa shape index (κ2) is 6.93. The van der Waals surface area contributed by atoms with E-state index in [9.17, 15) is 54.9 Å². The fourth-order valence-corrected chi connectivity index (χ4v) is 9.52. The third-order valence-corrected chi connectivity index (χ3v) is 10.5. The Morgan fingerprint density at radius 3 is 1.59 bits per heavy atom. The molecule has 11 heteroatoms. The standard InChI is InChI=1S/C30H22O11/c1-7-2-9-13(11(32)3-7)21(34)17-25(38)20-23(36)15-16-24(37)19(29(15,17)27(9)40)26(39)18-22(35)14-10(28(41)30(16,18)20)4-8(6-31)5-12(14)33/h2-5,15-16,19-20,23-24,31-37H,6H2,1H3. The Kier molecular flexibility index (Phi) is 4.14. The number of allylic oxidation sites excluding steroid dienone is 2. The molecule has 2 aromatic carbocycles. The van der Waals surface area contributed by atoms with Crippen LogP contribution in [0.2, 0.25) is 0 Å². The number of aryl methyl sites for hydroxylation is 1. The molecule has 8 unspecified atom stereocenters. The average Bonchev–Trinajstić information content (AvgIpc) is 3.26. The second-order valence-corrected chi connectivity index (χ2v) is 12.0. The summed E-state index contributed by atoms with van der Waals surface area (Å²) < 4.78 is 0. The van der Waals surface area contributed by atoms with Crippen LogP contribution in [-0.2, 0) is 16.2 Å². The number of hydrogen-bond donors (Lipinski definition) is 7. The normalized spacial score (nSPS) is 37.5. The molecular formula is C30H22O11. The third-order valence-electron chi connectivity index (χ3n) is 10.5. The van der Waals surface area contributed by atoms with E-state index in [-0.39, 0.29) is 22.3 Å². The maximum atomic E-state index is 14.6. The maximum Gasteiger partial charge on any atom is 0.175 e. The van der Waals surface area contributed by atoms with Crippen molar-refractivity contribution >= 4 is 34.7 Å². The van der Waals surface area contributed by atoms with Crippen molar-refractivity contribution in [1.82, 2.24) is 0 Å². The van der Waals surface area contributed by atoms with Gasteiger partial charge in [0, 0.05) is 23.0 Å². The van der Waals surface area contributed by atoms with E-state index < -0.39 is 116 Å². The van der Waals surface area contributed by atoms with Gasteiger partial charge in [-0.25, -0.2) is 0 Å². The van der Waals surface area contributed by atoms with Crippen LogP contribution in [-0.4, -0.2) is 71.1 Å². The minimum absolute atomic E-state index is 0.0871. The number of aliphatic hydroxyl groups excluding tert-OH is 5. The molecule has 0 heterocycles. The van der Waals surface area contributed by atoms with E-state index in [1.54, 1.807) is 6.92 Å². The Labute approximate surface area is 230 Å². The minimum atomic E-state index is -2.33. The first-order valence-electron chi connectivity index (χ1n) is 13.1. The Bertz CT molecular complexity index is 1830. The van der Waals surface area contributed by atoms with Crippen LogP contribution in [0.1, 0.15) is 43.0 Å². The van der Waals surface area contributed by atoms with Gasteiger partial charge >= 0.3 is 0 Å². The van der Waals surface area contributed by atoms with Crippen LogP contribution in [0.15, 0.2) is 35.4 Å². The Morgan fingerprint density at radius 1 is 0.683 bits per heavy atom. The summed E-state index contributed by atoms with van der Waals surface area (Å²) in [6, 6.07) is 4.95. The minimum Gasteiger partial charge on any atom is -0.507 e. The van der Waals surface area contributed by atoms with E-state index in [1.165, 1.54) is 18.2 Å². The summed E-state index contributed by atoms with van der Waals surface area (Å²) in [5.41, 5.74) is -6.47. The first-order chi connectivity index (χ1) is 19.4. The summed E-state index contributed by atoms with van der Waals surface area (Å²) in [4.78, 5) is 57.9. The van der Waals surface area contributed by atoms with Gasteiger partial charge in [-0.1, -0.05) is 0 Å². The van der Waals surface area contributed by atoms with Crippen molar-refractivity contribution in [2.75, 3.05) is 0 Å². The van der Waals surface area contributed by atoms with E-state index in [1.807, 2.05) is 0 Å². The molecule has 41 heavy (non-hydrogen) atoms. The summed E-state index contributed by atoms with van der Waals surface area (Å²) in [6.07, 6.45) is -3.47. The molecule has 8 rings (SSSR count). The summed E-state index contributed by atoms with van der Waals surface area (Å²) in [5, 5.41) is 77.6. The van der Waals surface area contributed by atoms with E-state index in [2.05, 4.69) is 0 Å². The predicted molar refractivity (Wildman–Crippen MR) is 135 cm³/mol. The number of ketones is 4. The summed E-state index contributed by atoms with van der Waals surface area (Å²) >= 11 is 0. The molecule has 2 spiro atoms. The van der Waals surface area contributed by atoms with Crippen molar-refractivity contribution in [3.05, 3.63) is 68.8 Å². The molecule has 208 valence electrons. The van der Waals surface area contributed by atoms with Gasteiger partial charge in [-0.2, -0.15) is 0 Å². The van der Waals surface area contributed by atoms with Crippen molar-refractivity contribution in [1.29, 1.82) is 0 Å². The van der Waals surface area contributed by atoms with E-state index >= 15 is 0 Å². The Hall–Kier alpha value is -4.32. The molecule has 4 fully saturated rings. The molecule has 2 aromatic rings. The first kappa shape index (κ1) is 24.5. The number of aromatic hydroxyl groups is 2. The van der Waals surface area contributed by atoms with Crippen molar-refractivity contribution in [3.63, 3.8) is 0 Å².